The van der Waals surface area contributed by atoms with Gasteiger partial charge >= 0.3 is 0 Å². The van der Waals surface area contributed by atoms with Crippen molar-refractivity contribution in [2.75, 3.05) is 0 Å². The van der Waals surface area contributed by atoms with Gasteiger partial charge in [-0.05, 0) is 28.1 Å². The molecule has 1 aromatic carbocycles. The van der Waals surface area contributed by atoms with Crippen molar-refractivity contribution >= 4 is 26.8 Å². The molecule has 0 aliphatic carbocycles. The van der Waals surface area contributed by atoms with Crippen LogP contribution in [0.2, 0.25) is 0 Å². The highest BCUT2D eigenvalue weighted by atomic mass is 79.9. The van der Waals surface area contributed by atoms with E-state index in [2.05, 4.69) is 30.9 Å². The molecule has 0 saturated carbocycles. The van der Waals surface area contributed by atoms with E-state index < -0.39 is 12.2 Å². The zero-order chi connectivity index (χ0) is 14.3. The lowest BCUT2D eigenvalue weighted by Gasteiger charge is -2.05. The molecular formula is C13H7BrF3N3. The lowest BCUT2D eigenvalue weighted by Crippen LogP contribution is -1.94. The maximum atomic E-state index is 13.7. The Bertz CT molecular complexity index is 768. The van der Waals surface area contributed by atoms with Gasteiger partial charge in [-0.25, -0.2) is 13.2 Å². The van der Waals surface area contributed by atoms with Crippen LogP contribution in [0.25, 0.3) is 22.2 Å². The summed E-state index contributed by atoms with van der Waals surface area (Å²) in [6.45, 7) is 0. The molecule has 0 atom stereocenters. The van der Waals surface area contributed by atoms with Crippen LogP contribution < -0.4 is 0 Å². The highest BCUT2D eigenvalue weighted by Gasteiger charge is 2.15. The molecule has 0 fully saturated rings. The van der Waals surface area contributed by atoms with E-state index in [4.69, 9.17) is 0 Å². The summed E-state index contributed by atoms with van der Waals surface area (Å²) in [5, 5.41) is 0.601. The molecule has 0 amide bonds. The maximum Gasteiger partial charge on any atom is 0.281 e. The number of benzene rings is 1. The zero-order valence-corrected chi connectivity index (χ0v) is 11.5. The largest absolute Gasteiger partial charge is 0.358 e. The number of H-pyrrole nitrogens is 1. The summed E-state index contributed by atoms with van der Waals surface area (Å²) in [6.07, 6.45) is 1.23. The third-order valence-electron chi connectivity index (χ3n) is 2.91. The molecule has 2 aromatic heterocycles. The van der Waals surface area contributed by atoms with Crippen LogP contribution in [-0.2, 0) is 0 Å². The number of rotatable bonds is 2. The zero-order valence-electron chi connectivity index (χ0n) is 9.87. The van der Waals surface area contributed by atoms with Gasteiger partial charge in [0.05, 0.1) is 23.6 Å². The lowest BCUT2D eigenvalue weighted by atomic mass is 10.1. The van der Waals surface area contributed by atoms with Gasteiger partial charge in [0.2, 0.25) is 0 Å². The Morgan fingerprint density at radius 1 is 1.15 bits per heavy atom. The Labute approximate surface area is 120 Å². The summed E-state index contributed by atoms with van der Waals surface area (Å²) >= 11 is 3.32. The van der Waals surface area contributed by atoms with Crippen molar-refractivity contribution in [1.82, 2.24) is 15.0 Å². The third-order valence-corrected chi connectivity index (χ3v) is 3.53. The predicted octanol–water partition coefficient (Wildman–Crippen LogP) is 4.46. The molecule has 20 heavy (non-hydrogen) atoms. The fourth-order valence-corrected chi connectivity index (χ4v) is 2.50. The highest BCUT2D eigenvalue weighted by molar-refractivity contribution is 9.10. The third kappa shape index (κ3) is 2.07. The van der Waals surface area contributed by atoms with E-state index in [-0.39, 0.29) is 5.69 Å². The molecule has 0 bridgehead atoms. The van der Waals surface area contributed by atoms with Crippen LogP contribution in [0.3, 0.4) is 0 Å². The Kier molecular flexibility index (Phi) is 3.21. The first-order valence-electron chi connectivity index (χ1n) is 5.63. The fraction of sp³-hybridized carbons (Fsp3) is 0.0769. The van der Waals surface area contributed by atoms with Crippen molar-refractivity contribution in [3.05, 3.63) is 46.7 Å². The molecule has 7 heteroatoms. The molecule has 102 valence electrons. The van der Waals surface area contributed by atoms with Crippen LogP contribution in [0.1, 0.15) is 12.1 Å². The number of nitrogens with one attached hydrogen (secondary N) is 1. The van der Waals surface area contributed by atoms with E-state index in [0.29, 0.717) is 26.6 Å². The van der Waals surface area contributed by atoms with Crippen LogP contribution in [0.5, 0.6) is 0 Å². The number of nitrogens with zero attached hydrogens (tertiary/aromatic N) is 2. The number of hydrogen-bond acceptors (Lipinski definition) is 2. The van der Waals surface area contributed by atoms with Gasteiger partial charge in [0.25, 0.3) is 6.43 Å². The standard InChI is InChI=1S/C13H7BrF3N3/c14-7-3-20-12-8(15)2-1-6(11(7)12)9-4-19-10(5-18-9)13(16)17/h1-5,13,20H. The monoisotopic (exact) mass is 341 g/mol. The molecule has 0 saturated heterocycles. The van der Waals surface area contributed by atoms with E-state index in [9.17, 15) is 13.2 Å². The lowest BCUT2D eigenvalue weighted by molar-refractivity contribution is 0.145. The van der Waals surface area contributed by atoms with E-state index in [1.54, 1.807) is 12.3 Å². The molecule has 3 nitrogen and oxygen atoms in total. The van der Waals surface area contributed by atoms with E-state index in [1.807, 2.05) is 0 Å². The Balaban J connectivity index is 2.19. The van der Waals surface area contributed by atoms with Gasteiger partial charge < -0.3 is 4.98 Å². The van der Waals surface area contributed by atoms with E-state index in [1.165, 1.54) is 12.3 Å². The molecule has 2 heterocycles. The van der Waals surface area contributed by atoms with Gasteiger partial charge in [-0.2, -0.15) is 0 Å². The molecule has 0 radical (unpaired) electrons. The van der Waals surface area contributed by atoms with Crippen molar-refractivity contribution in [2.24, 2.45) is 0 Å². The Morgan fingerprint density at radius 2 is 1.95 bits per heavy atom. The summed E-state index contributed by atoms with van der Waals surface area (Å²) in [6, 6.07) is 2.84. The average molecular weight is 342 g/mol. The maximum absolute atomic E-state index is 13.7. The summed E-state index contributed by atoms with van der Waals surface area (Å²) < 4.78 is 39.3. The first-order valence-corrected chi connectivity index (χ1v) is 6.43. The Morgan fingerprint density at radius 3 is 2.60 bits per heavy atom. The van der Waals surface area contributed by atoms with E-state index >= 15 is 0 Å². The summed E-state index contributed by atoms with van der Waals surface area (Å²) in [7, 11) is 0. The van der Waals surface area contributed by atoms with Crippen molar-refractivity contribution in [3.8, 4) is 11.3 Å². The molecule has 0 spiro atoms. The van der Waals surface area contributed by atoms with Gasteiger partial charge in [0, 0.05) is 21.6 Å². The molecular weight excluding hydrogens is 335 g/mol. The topological polar surface area (TPSA) is 41.6 Å². The predicted molar refractivity (Wildman–Crippen MR) is 71.9 cm³/mol. The van der Waals surface area contributed by atoms with Crippen LogP contribution in [0.4, 0.5) is 13.2 Å². The molecule has 3 aromatic rings. The minimum Gasteiger partial charge on any atom is -0.358 e. The summed E-state index contributed by atoms with van der Waals surface area (Å²) in [5.41, 5.74) is 0.955. The van der Waals surface area contributed by atoms with E-state index in [0.717, 1.165) is 6.20 Å². The second-order valence-electron chi connectivity index (χ2n) is 4.11. The second kappa shape index (κ2) is 4.90. The number of halogens is 4. The molecule has 0 aliphatic heterocycles. The first kappa shape index (κ1) is 13.1. The SMILES string of the molecule is Fc1ccc(-c2cnc(C(F)F)cn2)c2c(Br)c[nH]c12. The molecule has 1 N–H and O–H groups in total. The summed E-state index contributed by atoms with van der Waals surface area (Å²) in [5.74, 6) is -0.397. The first-order chi connectivity index (χ1) is 9.58. The van der Waals surface area contributed by atoms with Crippen LogP contribution in [0.15, 0.2) is 35.2 Å². The quantitative estimate of drug-likeness (QED) is 0.747. The minimum absolute atomic E-state index is 0.328. The normalized spacial score (nSPS) is 11.4. The molecule has 3 rings (SSSR count). The van der Waals surface area contributed by atoms with Gasteiger partial charge in [0.15, 0.2) is 0 Å². The number of aromatic nitrogens is 3. The van der Waals surface area contributed by atoms with Crippen molar-refractivity contribution in [1.29, 1.82) is 0 Å². The minimum atomic E-state index is -2.66. The number of aromatic amines is 1. The van der Waals surface area contributed by atoms with Gasteiger partial charge in [-0.1, -0.05) is 0 Å². The van der Waals surface area contributed by atoms with Crippen LogP contribution in [0, 0.1) is 5.82 Å². The van der Waals surface area contributed by atoms with Gasteiger partial charge in [-0.15, -0.1) is 0 Å². The Hall–Kier alpha value is -1.89. The number of hydrogen-bond donors (Lipinski definition) is 1. The summed E-state index contributed by atoms with van der Waals surface area (Å²) in [4.78, 5) is 10.4. The average Bonchev–Trinajstić information content (AvgIpc) is 2.83. The van der Waals surface area contributed by atoms with Crippen LogP contribution >= 0.6 is 15.9 Å². The number of alkyl halides is 2. The second-order valence-corrected chi connectivity index (χ2v) is 4.96. The fourth-order valence-electron chi connectivity index (χ4n) is 1.98. The highest BCUT2D eigenvalue weighted by Crippen LogP contribution is 2.34. The van der Waals surface area contributed by atoms with Crippen molar-refractivity contribution in [3.63, 3.8) is 0 Å². The molecule has 0 unspecified atom stereocenters. The smallest absolute Gasteiger partial charge is 0.281 e. The van der Waals surface area contributed by atoms with Gasteiger partial charge in [-0.3, -0.25) is 9.97 Å². The van der Waals surface area contributed by atoms with Gasteiger partial charge in [0.1, 0.15) is 11.5 Å². The van der Waals surface area contributed by atoms with Crippen molar-refractivity contribution < 1.29 is 13.2 Å². The van der Waals surface area contributed by atoms with Crippen LogP contribution in [-0.4, -0.2) is 15.0 Å². The van der Waals surface area contributed by atoms with Crippen molar-refractivity contribution in [2.45, 2.75) is 6.43 Å². The molecule has 0 aliphatic rings. The number of fused-ring (bicyclic) bond motifs is 1.